The second-order valence-corrected chi connectivity index (χ2v) is 17.9. The summed E-state index contributed by atoms with van der Waals surface area (Å²) in [6, 6.07) is 6.26. The van der Waals surface area contributed by atoms with Crippen LogP contribution in [0, 0.1) is 23.7 Å². The SMILES string of the molecule is CCO.C[C@H]1c2cccc(O)c2C(O)=C2C(=O)[C@]3(O)C(O)=C(C(N)=O)C(=O)[C@@H](N(C)C)C3[C@@H](O)C21.C[C@H]1c2cccc(O)c2C(O)=C2C(=O)[C@]3(O)C(O)=C(C(N)=O)C(=O)[C@@H](N(C)C)C3[C@@H](O)C21.Cl.Cl.Cl.O. The molecule has 2 saturated carbocycles. The molecule has 2 amide bonds. The van der Waals surface area contributed by atoms with Crippen LogP contribution in [0.15, 0.2) is 70.2 Å². The largest absolute Gasteiger partial charge is 0.508 e. The summed E-state index contributed by atoms with van der Waals surface area (Å²) in [6.45, 7) is 5.28. The molecule has 71 heavy (non-hydrogen) atoms. The Morgan fingerprint density at radius 1 is 0.606 bits per heavy atom. The molecule has 392 valence electrons. The van der Waals surface area contributed by atoms with Gasteiger partial charge in [0.2, 0.25) is 11.6 Å². The van der Waals surface area contributed by atoms with E-state index in [1.165, 1.54) is 50.1 Å². The summed E-state index contributed by atoms with van der Waals surface area (Å²) < 4.78 is 0. The summed E-state index contributed by atoms with van der Waals surface area (Å²) in [7, 11) is 5.84. The number of likely N-dealkylation sites (N-methyl/N-ethyl adjacent to an activating group) is 2. The lowest BCUT2D eigenvalue weighted by atomic mass is 9.54. The van der Waals surface area contributed by atoms with E-state index in [2.05, 4.69) is 0 Å². The molecular formula is C46H59Cl3N4O18. The first-order chi connectivity index (χ1) is 31.1. The number of nitrogens with two attached hydrogens (primary N) is 2. The zero-order valence-corrected chi connectivity index (χ0v) is 41.5. The Kier molecular flexibility index (Phi) is 18.7. The number of ketones is 4. The number of aliphatic hydroxyl groups is 9. The van der Waals surface area contributed by atoms with E-state index in [0.29, 0.717) is 11.1 Å². The number of fused-ring (bicyclic) bond motifs is 6. The fraction of sp³-hybridized carbons (Fsp3) is 0.435. The number of phenols is 2. The average Bonchev–Trinajstić information content (AvgIpc) is 3.23. The maximum absolute atomic E-state index is 13.7. The van der Waals surface area contributed by atoms with Crippen molar-refractivity contribution in [3.05, 3.63) is 92.5 Å². The van der Waals surface area contributed by atoms with Gasteiger partial charge in [0.25, 0.3) is 11.8 Å². The Morgan fingerprint density at radius 2 is 0.887 bits per heavy atom. The summed E-state index contributed by atoms with van der Waals surface area (Å²) in [5.41, 5.74) is 2.94. The van der Waals surface area contributed by atoms with Gasteiger partial charge in [-0.25, -0.2) is 0 Å². The number of primary amides is 2. The summed E-state index contributed by atoms with van der Waals surface area (Å²) in [5.74, 6) is -17.7. The van der Waals surface area contributed by atoms with E-state index >= 15 is 0 Å². The number of benzene rings is 2. The van der Waals surface area contributed by atoms with Gasteiger partial charge in [0.15, 0.2) is 22.8 Å². The van der Waals surface area contributed by atoms with Gasteiger partial charge in [-0.05, 0) is 70.2 Å². The van der Waals surface area contributed by atoms with Crippen LogP contribution < -0.4 is 11.5 Å². The van der Waals surface area contributed by atoms with Gasteiger partial charge in [0.05, 0.1) is 47.3 Å². The van der Waals surface area contributed by atoms with Crippen LogP contribution >= 0.6 is 37.2 Å². The van der Waals surface area contributed by atoms with Gasteiger partial charge in [-0.2, -0.15) is 0 Å². The third kappa shape index (κ3) is 8.63. The Bertz CT molecular complexity index is 2490. The molecule has 0 heterocycles. The van der Waals surface area contributed by atoms with Crippen molar-refractivity contribution in [3.63, 3.8) is 0 Å². The van der Waals surface area contributed by atoms with Crippen molar-refractivity contribution in [1.82, 2.24) is 9.80 Å². The van der Waals surface area contributed by atoms with Crippen molar-refractivity contribution in [2.75, 3.05) is 34.8 Å². The number of hydrogen-bond donors (Lipinski definition) is 13. The predicted octanol–water partition coefficient (Wildman–Crippen LogP) is -0.569. The number of carbonyl (C=O) groups is 6. The van der Waals surface area contributed by atoms with Crippen molar-refractivity contribution in [3.8, 4) is 11.5 Å². The normalized spacial score (nSPS) is 31.2. The minimum Gasteiger partial charge on any atom is -0.508 e. The fourth-order valence-corrected chi connectivity index (χ4v) is 11.2. The van der Waals surface area contributed by atoms with Crippen molar-refractivity contribution < 1.29 is 90.4 Å². The maximum Gasteiger partial charge on any atom is 0.255 e. The van der Waals surface area contributed by atoms with E-state index in [-0.39, 0.29) is 71.9 Å². The second kappa shape index (κ2) is 21.6. The molecule has 0 saturated heterocycles. The van der Waals surface area contributed by atoms with Crippen LogP contribution in [-0.2, 0) is 28.8 Å². The van der Waals surface area contributed by atoms with Gasteiger partial charge < -0.3 is 73.1 Å². The number of carbonyl (C=O) groups excluding carboxylic acids is 6. The third-order valence-electron chi connectivity index (χ3n) is 14.0. The first kappa shape index (κ1) is 61.5. The van der Waals surface area contributed by atoms with E-state index in [9.17, 15) is 79.8 Å². The first-order valence-corrected chi connectivity index (χ1v) is 21.1. The van der Waals surface area contributed by atoms with Gasteiger partial charge in [0.1, 0.15) is 45.7 Å². The topological polar surface area (TPSA) is 415 Å². The van der Waals surface area contributed by atoms with Gasteiger partial charge in [-0.1, -0.05) is 38.1 Å². The standard InChI is InChI=1S/2C22H24N2O8.C2H6O.3ClH.H2O/c2*1-7-8-5-4-6-9(25)11(8)16(26)12-10(7)17(27)14-15(24(2)3)18(28)13(21(23)31)20(30)22(14,32)19(12)29;1-2-3;;;;/h2*4-7,10,14-15,17,25-27,30,32H,1-3H3,(H2,23,31);3H,2H2,1H3;3*1H;1H2/t2*7-,10?,14?,15-,17-,22-;;;;;/m00...../s1. The molecular weight excluding hydrogens is 1000 g/mol. The quantitative estimate of drug-likeness (QED) is 0.171. The molecule has 25 heteroatoms. The monoisotopic (exact) mass is 1060 g/mol. The number of nitrogens with zero attached hydrogens (tertiary/aromatic N) is 2. The molecule has 2 aromatic rings. The maximum atomic E-state index is 13.7. The Morgan fingerprint density at radius 3 is 1.14 bits per heavy atom. The number of phenolic OH excluding ortho intramolecular Hbond substituents is 2. The molecule has 12 atom stereocenters. The smallest absolute Gasteiger partial charge is 0.255 e. The van der Waals surface area contributed by atoms with E-state index in [1.54, 1.807) is 45.0 Å². The minimum absolute atomic E-state index is 0. The Balaban J connectivity index is 0.000000438. The lowest BCUT2D eigenvalue weighted by Crippen LogP contribution is -2.70. The van der Waals surface area contributed by atoms with Crippen LogP contribution in [0.2, 0.25) is 0 Å². The zero-order valence-electron chi connectivity index (χ0n) is 39.1. The zero-order chi connectivity index (χ0) is 50.4. The molecule has 22 nitrogen and oxygen atoms in total. The summed E-state index contributed by atoms with van der Waals surface area (Å²) in [4.78, 5) is 79.9. The van der Waals surface area contributed by atoms with E-state index in [0.717, 1.165) is 0 Å². The molecule has 6 aliphatic carbocycles. The van der Waals surface area contributed by atoms with Gasteiger partial charge >= 0.3 is 0 Å². The molecule has 0 radical (unpaired) electrons. The summed E-state index contributed by atoms with van der Waals surface area (Å²) >= 11 is 0. The first-order valence-electron chi connectivity index (χ1n) is 21.1. The van der Waals surface area contributed by atoms with E-state index in [4.69, 9.17) is 16.6 Å². The van der Waals surface area contributed by atoms with Crippen molar-refractivity contribution in [2.24, 2.45) is 35.1 Å². The van der Waals surface area contributed by atoms with Crippen LogP contribution in [0.1, 0.15) is 54.9 Å². The van der Waals surface area contributed by atoms with Crippen molar-refractivity contribution in [1.29, 1.82) is 0 Å². The highest BCUT2D eigenvalue weighted by molar-refractivity contribution is 6.26. The number of amides is 2. The van der Waals surface area contributed by atoms with Crippen LogP contribution in [0.3, 0.4) is 0 Å². The highest BCUT2D eigenvalue weighted by Gasteiger charge is 2.70. The number of rotatable bonds is 4. The van der Waals surface area contributed by atoms with E-state index in [1.807, 2.05) is 0 Å². The number of hydrogen-bond acceptors (Lipinski definition) is 19. The van der Waals surface area contributed by atoms with Crippen LogP contribution in [0.4, 0.5) is 0 Å². The number of aromatic hydroxyl groups is 2. The number of aliphatic hydroxyl groups excluding tert-OH is 7. The van der Waals surface area contributed by atoms with Crippen molar-refractivity contribution in [2.45, 2.75) is 68.1 Å². The molecule has 0 aromatic heterocycles. The van der Waals surface area contributed by atoms with Gasteiger partial charge in [-0.15, -0.1) is 37.2 Å². The molecule has 0 bridgehead atoms. The number of Topliss-reactive ketones (excluding diaryl/α,β-unsaturated/α-hetero) is 4. The predicted molar refractivity (Wildman–Crippen MR) is 259 cm³/mol. The lowest BCUT2D eigenvalue weighted by molar-refractivity contribution is -0.170. The molecule has 0 spiro atoms. The molecule has 2 fully saturated rings. The third-order valence-corrected chi connectivity index (χ3v) is 14.0. The van der Waals surface area contributed by atoms with Gasteiger partial charge in [-0.3, -0.25) is 38.6 Å². The molecule has 8 rings (SSSR count). The highest BCUT2D eigenvalue weighted by atomic mass is 35.5. The van der Waals surface area contributed by atoms with Crippen LogP contribution in [-0.4, -0.2) is 177 Å². The fourth-order valence-electron chi connectivity index (χ4n) is 11.2. The summed E-state index contributed by atoms with van der Waals surface area (Å²) in [5, 5.41) is 117. The molecule has 4 unspecified atom stereocenters. The van der Waals surface area contributed by atoms with Gasteiger partial charge in [0, 0.05) is 29.6 Å². The van der Waals surface area contributed by atoms with E-state index < -0.39 is 151 Å². The molecule has 2 aromatic carbocycles. The second-order valence-electron chi connectivity index (χ2n) is 17.9. The minimum atomic E-state index is -2.89. The molecule has 0 aliphatic heterocycles. The lowest BCUT2D eigenvalue weighted by Gasteiger charge is -2.53. The van der Waals surface area contributed by atoms with Crippen LogP contribution in [0.5, 0.6) is 11.5 Å². The molecule has 17 N–H and O–H groups in total. The Labute approximate surface area is 424 Å². The van der Waals surface area contributed by atoms with Crippen molar-refractivity contribution >= 4 is 83.7 Å². The summed E-state index contributed by atoms with van der Waals surface area (Å²) in [6.07, 6.45) is -3.18. The molecule has 6 aliphatic rings. The Hall–Kier alpha value is -5.63. The van der Waals surface area contributed by atoms with Crippen LogP contribution in [0.25, 0.3) is 11.5 Å². The average molecular weight is 1060 g/mol. The number of halogens is 3. The highest BCUT2D eigenvalue weighted by Crippen LogP contribution is 2.58.